The highest BCUT2D eigenvalue weighted by molar-refractivity contribution is 5.70. The second kappa shape index (κ2) is 6.44. The molecule has 27 heavy (non-hydrogen) atoms. The summed E-state index contributed by atoms with van der Waals surface area (Å²) in [5, 5.41) is 0. The first-order valence-corrected chi connectivity index (χ1v) is 9.68. The van der Waals surface area contributed by atoms with Crippen molar-refractivity contribution in [1.82, 2.24) is 29.5 Å². The van der Waals surface area contributed by atoms with Crippen LogP contribution in [0.4, 0.5) is 0 Å². The molecule has 0 saturated heterocycles. The Hall–Kier alpha value is -2.77. The summed E-state index contributed by atoms with van der Waals surface area (Å²) >= 11 is 0. The third-order valence-corrected chi connectivity index (χ3v) is 5.86. The first kappa shape index (κ1) is 16.4. The highest BCUT2D eigenvalue weighted by Crippen LogP contribution is 2.52. The smallest absolute Gasteiger partial charge is 0.324 e. The van der Waals surface area contributed by atoms with Crippen LogP contribution in [0.15, 0.2) is 23.3 Å². The molecule has 2 fully saturated rings. The van der Waals surface area contributed by atoms with Gasteiger partial charge in [-0.25, -0.2) is 15.0 Å². The van der Waals surface area contributed by atoms with Crippen molar-refractivity contribution in [2.75, 3.05) is 0 Å². The lowest BCUT2D eigenvalue weighted by atomic mass is 9.88. The molecule has 2 aliphatic carbocycles. The fraction of sp³-hybridized carbons (Fsp3) is 0.526. The maximum Gasteiger partial charge on any atom is 0.324 e. The van der Waals surface area contributed by atoms with Gasteiger partial charge in [-0.3, -0.25) is 9.36 Å². The predicted molar refractivity (Wildman–Crippen MR) is 98.7 cm³/mol. The Balaban J connectivity index is 1.58. The molecule has 0 aliphatic heterocycles. The molecule has 2 aliphatic rings. The van der Waals surface area contributed by atoms with E-state index in [2.05, 4.69) is 24.9 Å². The van der Waals surface area contributed by atoms with Crippen LogP contribution in [0, 0.1) is 11.8 Å². The van der Waals surface area contributed by atoms with Crippen LogP contribution in [-0.4, -0.2) is 29.5 Å². The summed E-state index contributed by atoms with van der Waals surface area (Å²) in [6.45, 7) is 2.51. The van der Waals surface area contributed by atoms with Gasteiger partial charge in [0.2, 0.25) is 0 Å². The van der Waals surface area contributed by atoms with Crippen LogP contribution in [0.5, 0.6) is 12.0 Å². The molecule has 0 radical (unpaired) electrons. The van der Waals surface area contributed by atoms with E-state index >= 15 is 0 Å². The Morgan fingerprint density at radius 3 is 2.78 bits per heavy atom. The lowest BCUT2D eigenvalue weighted by molar-refractivity contribution is 0.371. The minimum atomic E-state index is -0.158. The van der Waals surface area contributed by atoms with E-state index in [1.54, 1.807) is 18.5 Å². The molecule has 1 N–H and O–H groups in total. The number of ether oxygens (including phenoxy) is 1. The third kappa shape index (κ3) is 2.79. The van der Waals surface area contributed by atoms with E-state index in [1.165, 1.54) is 23.8 Å². The molecule has 3 aromatic rings. The standard InChI is InChI=1S/C19H22N6O2/c1-2-8-25-17(26)14-16(24-19(25)27-18-20-6-3-7-21-18)23-15(22-14)13-10-11-4-5-12(13)9-11/h3,6-7,11-13H,2,4-5,8-10H2,1H3,(H,22,23). The van der Waals surface area contributed by atoms with Crippen molar-refractivity contribution in [1.29, 1.82) is 0 Å². The number of nitrogens with one attached hydrogen (secondary N) is 1. The molecule has 3 aromatic heterocycles. The number of imidazole rings is 1. The Morgan fingerprint density at radius 1 is 1.22 bits per heavy atom. The van der Waals surface area contributed by atoms with E-state index in [1.807, 2.05) is 6.92 Å². The fourth-order valence-electron chi connectivity index (χ4n) is 4.66. The van der Waals surface area contributed by atoms with Crippen molar-refractivity contribution >= 4 is 11.2 Å². The van der Waals surface area contributed by atoms with Gasteiger partial charge in [0, 0.05) is 24.9 Å². The normalized spacial score (nSPS) is 24.0. The maximum atomic E-state index is 13.0. The first-order valence-electron chi connectivity index (χ1n) is 9.68. The molecular formula is C19H22N6O2. The van der Waals surface area contributed by atoms with Crippen LogP contribution in [0.1, 0.15) is 50.8 Å². The molecule has 3 unspecified atom stereocenters. The summed E-state index contributed by atoms with van der Waals surface area (Å²) < 4.78 is 7.24. The molecule has 0 spiro atoms. The first-order chi connectivity index (χ1) is 13.2. The fourth-order valence-corrected chi connectivity index (χ4v) is 4.66. The highest BCUT2D eigenvalue weighted by atomic mass is 16.5. The second-order valence-corrected chi connectivity index (χ2v) is 7.59. The van der Waals surface area contributed by atoms with Crippen molar-refractivity contribution in [3.05, 3.63) is 34.6 Å². The van der Waals surface area contributed by atoms with Crippen LogP contribution >= 0.6 is 0 Å². The van der Waals surface area contributed by atoms with Crippen LogP contribution in [-0.2, 0) is 6.54 Å². The maximum absolute atomic E-state index is 13.0. The van der Waals surface area contributed by atoms with Gasteiger partial charge in [0.05, 0.1) is 0 Å². The van der Waals surface area contributed by atoms with Crippen LogP contribution in [0.25, 0.3) is 11.2 Å². The monoisotopic (exact) mass is 366 g/mol. The van der Waals surface area contributed by atoms with Crippen LogP contribution in [0.3, 0.4) is 0 Å². The number of aromatic amines is 1. The summed E-state index contributed by atoms with van der Waals surface area (Å²) in [7, 11) is 0. The quantitative estimate of drug-likeness (QED) is 0.745. The Kier molecular flexibility index (Phi) is 3.91. The second-order valence-electron chi connectivity index (χ2n) is 7.59. The van der Waals surface area contributed by atoms with Crippen molar-refractivity contribution < 1.29 is 4.74 Å². The Labute approximate surface area is 156 Å². The number of nitrogens with zero attached hydrogens (tertiary/aromatic N) is 5. The van der Waals surface area contributed by atoms with Gasteiger partial charge in [-0.2, -0.15) is 4.98 Å². The molecule has 0 amide bonds. The average Bonchev–Trinajstić information content (AvgIpc) is 3.41. The SMILES string of the molecule is CCCn1c(Oc2ncccn2)nc2nc(C3CC4CCC3C4)[nH]c2c1=O. The van der Waals surface area contributed by atoms with Crippen LogP contribution in [0.2, 0.25) is 0 Å². The molecule has 140 valence electrons. The molecular weight excluding hydrogens is 344 g/mol. The minimum absolute atomic E-state index is 0.158. The zero-order valence-corrected chi connectivity index (χ0v) is 15.3. The van der Waals surface area contributed by atoms with Crippen molar-refractivity contribution in [3.8, 4) is 12.0 Å². The summed E-state index contributed by atoms with van der Waals surface area (Å²) in [4.78, 5) is 33.7. The molecule has 2 saturated carbocycles. The average molecular weight is 366 g/mol. The minimum Gasteiger partial charge on any atom is -0.390 e. The number of fused-ring (bicyclic) bond motifs is 3. The summed E-state index contributed by atoms with van der Waals surface area (Å²) in [5.74, 6) is 2.81. The van der Waals surface area contributed by atoms with Crippen molar-refractivity contribution in [3.63, 3.8) is 0 Å². The zero-order chi connectivity index (χ0) is 18.4. The molecule has 3 heterocycles. The number of hydrogen-bond donors (Lipinski definition) is 1. The Morgan fingerprint density at radius 2 is 2.07 bits per heavy atom. The van der Waals surface area contributed by atoms with Gasteiger partial charge < -0.3 is 9.72 Å². The van der Waals surface area contributed by atoms with Gasteiger partial charge in [-0.15, -0.1) is 0 Å². The van der Waals surface area contributed by atoms with E-state index in [4.69, 9.17) is 4.74 Å². The largest absolute Gasteiger partial charge is 0.390 e. The number of H-pyrrole nitrogens is 1. The van der Waals surface area contributed by atoms with E-state index in [-0.39, 0.29) is 17.6 Å². The van der Waals surface area contributed by atoms with Crippen molar-refractivity contribution in [2.24, 2.45) is 11.8 Å². The molecule has 3 atom stereocenters. The van der Waals surface area contributed by atoms with Gasteiger partial charge in [0.1, 0.15) is 5.82 Å². The van der Waals surface area contributed by atoms with E-state index in [9.17, 15) is 4.79 Å². The summed E-state index contributed by atoms with van der Waals surface area (Å²) in [6, 6.07) is 2.06. The van der Waals surface area contributed by atoms with Crippen molar-refractivity contribution in [2.45, 2.75) is 51.5 Å². The van der Waals surface area contributed by atoms with E-state index in [0.29, 0.717) is 29.5 Å². The van der Waals surface area contributed by atoms with E-state index < -0.39 is 0 Å². The highest BCUT2D eigenvalue weighted by Gasteiger charge is 2.41. The van der Waals surface area contributed by atoms with Gasteiger partial charge >= 0.3 is 12.0 Å². The number of rotatable bonds is 5. The van der Waals surface area contributed by atoms with Gasteiger partial charge in [0.15, 0.2) is 11.2 Å². The predicted octanol–water partition coefficient (Wildman–Crippen LogP) is 3.02. The number of aromatic nitrogens is 6. The zero-order valence-electron chi connectivity index (χ0n) is 15.3. The molecule has 2 bridgehead atoms. The molecule has 0 aromatic carbocycles. The molecule has 8 heteroatoms. The summed E-state index contributed by atoms with van der Waals surface area (Å²) in [5.41, 5.74) is 0.716. The van der Waals surface area contributed by atoms with Gasteiger partial charge in [0.25, 0.3) is 5.56 Å². The molecule has 8 nitrogen and oxygen atoms in total. The van der Waals surface area contributed by atoms with Gasteiger partial charge in [-0.05, 0) is 43.6 Å². The Bertz CT molecular complexity index is 1030. The topological polar surface area (TPSA) is 98.6 Å². The van der Waals surface area contributed by atoms with E-state index in [0.717, 1.165) is 24.6 Å². The van der Waals surface area contributed by atoms with Crippen LogP contribution < -0.4 is 10.3 Å². The lowest BCUT2D eigenvalue weighted by Gasteiger charge is -2.18. The lowest BCUT2D eigenvalue weighted by Crippen LogP contribution is -2.23. The number of hydrogen-bond acceptors (Lipinski definition) is 6. The molecule has 5 rings (SSSR count). The summed E-state index contributed by atoms with van der Waals surface area (Å²) in [6.07, 6.45) is 9.00. The third-order valence-electron chi connectivity index (χ3n) is 5.86. The van der Waals surface area contributed by atoms with Gasteiger partial charge in [-0.1, -0.05) is 13.3 Å².